The lowest BCUT2D eigenvalue weighted by Gasteiger charge is -2.31. The summed E-state index contributed by atoms with van der Waals surface area (Å²) in [5.74, 6) is 1.05. The van der Waals surface area contributed by atoms with Crippen molar-refractivity contribution in [2.24, 2.45) is 0 Å². The molecule has 2 heterocycles. The number of thioether (sulfide) groups is 1. The smallest absolute Gasteiger partial charge is 0.324 e. The van der Waals surface area contributed by atoms with E-state index in [1.54, 1.807) is 23.9 Å². The Morgan fingerprint density at radius 3 is 3.00 bits per heavy atom. The van der Waals surface area contributed by atoms with Crippen LogP contribution in [0.25, 0.3) is 0 Å². The lowest BCUT2D eigenvalue weighted by Crippen LogP contribution is -2.65. The minimum atomic E-state index is -0.294. The number of carbonyl (C=O) groups excluding carboxylic acids is 1. The van der Waals surface area contributed by atoms with E-state index in [1.807, 2.05) is 23.2 Å². The molecule has 1 aliphatic heterocycles. The maximum atomic E-state index is 12.2. The number of hydrogen-bond acceptors (Lipinski definition) is 6. The van der Waals surface area contributed by atoms with Crippen LogP contribution in [0.2, 0.25) is 0 Å². The van der Waals surface area contributed by atoms with Gasteiger partial charge in [0.2, 0.25) is 0 Å². The Labute approximate surface area is 124 Å². The molecule has 2 aromatic rings. The summed E-state index contributed by atoms with van der Waals surface area (Å²) in [7, 11) is 0. The molecule has 1 atom stereocenters. The Bertz CT molecular complexity index is 669. The van der Waals surface area contributed by atoms with Gasteiger partial charge in [-0.2, -0.15) is 0 Å². The molecule has 1 saturated heterocycles. The van der Waals surface area contributed by atoms with Crippen molar-refractivity contribution >= 4 is 17.7 Å². The molecule has 0 aliphatic carbocycles. The Hall–Kier alpha value is -2.22. The summed E-state index contributed by atoms with van der Waals surface area (Å²) < 4.78 is 10.1. The van der Waals surface area contributed by atoms with Gasteiger partial charge in [0, 0.05) is 13.1 Å². The number of nitrogens with one attached hydrogen (secondary N) is 1. The van der Waals surface area contributed by atoms with Crippen LogP contribution >= 0.6 is 11.8 Å². The second-order valence-corrected chi connectivity index (χ2v) is 5.80. The highest BCUT2D eigenvalue weighted by Gasteiger charge is 2.28. The van der Waals surface area contributed by atoms with Gasteiger partial charge in [-0.3, -0.25) is 15.2 Å². The molecule has 0 bridgehead atoms. The van der Waals surface area contributed by atoms with Gasteiger partial charge in [0.15, 0.2) is 0 Å². The third kappa shape index (κ3) is 3.27. The summed E-state index contributed by atoms with van der Waals surface area (Å²) in [6.45, 7) is 1.20. The molecule has 21 heavy (non-hydrogen) atoms. The average Bonchev–Trinajstić information content (AvgIpc) is 2.95. The Morgan fingerprint density at radius 1 is 1.48 bits per heavy atom. The molecule has 1 unspecified atom stereocenters. The summed E-state index contributed by atoms with van der Waals surface area (Å²) in [5, 5.41) is 12.6. The van der Waals surface area contributed by atoms with Crippen molar-refractivity contribution in [2.45, 2.75) is 5.25 Å². The van der Waals surface area contributed by atoms with E-state index >= 15 is 0 Å². The quantitative estimate of drug-likeness (QED) is 0.474. The molecular weight excluding hydrogens is 292 g/mol. The van der Waals surface area contributed by atoms with E-state index in [0.717, 1.165) is 12.3 Å². The Balaban J connectivity index is 1.65. The van der Waals surface area contributed by atoms with Crippen LogP contribution in [-0.2, 0) is 4.79 Å². The molecule has 1 aromatic heterocycles. The van der Waals surface area contributed by atoms with Crippen molar-refractivity contribution in [2.75, 3.05) is 23.9 Å². The minimum absolute atomic E-state index is 0.0170. The average molecular weight is 306 g/mol. The number of rotatable bonds is 3. The molecular formula is C13H14N4O3S. The van der Waals surface area contributed by atoms with Gasteiger partial charge in [0.1, 0.15) is 11.0 Å². The number of ether oxygens (including phenoxy) is 1. The normalized spacial score (nSPS) is 18.5. The monoisotopic (exact) mass is 306 g/mol. The number of benzene rings is 1. The lowest BCUT2D eigenvalue weighted by atomic mass is 10.3. The Kier molecular flexibility index (Phi) is 3.96. The fraction of sp³-hybridized carbons (Fsp3) is 0.308. The fourth-order valence-corrected chi connectivity index (χ4v) is 3.07. The zero-order valence-electron chi connectivity index (χ0n) is 11.1. The molecule has 1 fully saturated rings. The van der Waals surface area contributed by atoms with Gasteiger partial charge in [-0.1, -0.05) is 23.0 Å². The zero-order chi connectivity index (χ0) is 14.7. The summed E-state index contributed by atoms with van der Waals surface area (Å²) >= 11 is 1.56. The van der Waals surface area contributed by atoms with Crippen LogP contribution in [0.1, 0.15) is 0 Å². The van der Waals surface area contributed by atoms with Crippen molar-refractivity contribution in [3.8, 4) is 5.75 Å². The first-order chi connectivity index (χ1) is 10.2. The van der Waals surface area contributed by atoms with Crippen LogP contribution in [0.4, 0.5) is 0 Å². The first-order valence-corrected chi connectivity index (χ1v) is 7.51. The summed E-state index contributed by atoms with van der Waals surface area (Å²) in [6, 6.07) is 9.02. The second-order valence-electron chi connectivity index (χ2n) is 4.49. The zero-order valence-corrected chi connectivity index (χ0v) is 12.0. The fourth-order valence-electron chi connectivity index (χ4n) is 2.01. The lowest BCUT2D eigenvalue weighted by molar-refractivity contribution is -0.763. The standard InChI is InChI=1S/C13H14N4O3S/c14-12-9-17(15-20-12)16-6-7-21-11(8-16)13(18)19-10-4-2-1-3-5-10/h1-5,9,11,14H,6-8H2. The highest BCUT2D eigenvalue weighted by Crippen LogP contribution is 2.19. The molecule has 0 amide bonds. The van der Waals surface area contributed by atoms with Gasteiger partial charge in [-0.15, -0.1) is 11.8 Å². The molecule has 1 N–H and O–H groups in total. The number of carbonyl (C=O) groups is 1. The van der Waals surface area contributed by atoms with Gasteiger partial charge < -0.3 is 9.26 Å². The Morgan fingerprint density at radius 2 is 2.29 bits per heavy atom. The van der Waals surface area contributed by atoms with E-state index in [1.165, 1.54) is 11.0 Å². The van der Waals surface area contributed by atoms with Crippen LogP contribution in [0.5, 0.6) is 5.75 Å². The first kappa shape index (κ1) is 13.7. The topological polar surface area (TPSA) is 84.5 Å². The van der Waals surface area contributed by atoms with E-state index in [9.17, 15) is 4.79 Å². The highest BCUT2D eigenvalue weighted by molar-refractivity contribution is 8.00. The third-order valence-corrected chi connectivity index (χ3v) is 4.18. The van der Waals surface area contributed by atoms with Gasteiger partial charge in [0.05, 0.1) is 0 Å². The van der Waals surface area contributed by atoms with Crippen molar-refractivity contribution in [3.63, 3.8) is 0 Å². The van der Waals surface area contributed by atoms with Crippen LogP contribution in [0.3, 0.4) is 0 Å². The molecule has 0 spiro atoms. The van der Waals surface area contributed by atoms with Crippen molar-refractivity contribution in [1.82, 2.24) is 5.27 Å². The van der Waals surface area contributed by atoms with E-state index in [0.29, 0.717) is 12.3 Å². The number of para-hydroxylation sites is 1. The molecule has 3 rings (SSSR count). The summed E-state index contributed by atoms with van der Waals surface area (Å²) in [4.78, 5) is 13.7. The molecule has 0 radical (unpaired) electrons. The number of aromatic nitrogens is 2. The van der Waals surface area contributed by atoms with Crippen molar-refractivity contribution < 1.29 is 18.8 Å². The van der Waals surface area contributed by atoms with E-state index in [2.05, 4.69) is 5.27 Å². The molecule has 110 valence electrons. The van der Waals surface area contributed by atoms with Crippen molar-refractivity contribution in [1.29, 1.82) is 5.41 Å². The number of esters is 1. The highest BCUT2D eigenvalue weighted by atomic mass is 32.2. The summed E-state index contributed by atoms with van der Waals surface area (Å²) in [5.41, 5.74) is -0.0170. The maximum absolute atomic E-state index is 12.2. The summed E-state index contributed by atoms with van der Waals surface area (Å²) in [6.07, 6.45) is 1.47. The van der Waals surface area contributed by atoms with Crippen LogP contribution < -0.4 is 25.4 Å². The van der Waals surface area contributed by atoms with Crippen molar-refractivity contribution in [3.05, 3.63) is 42.1 Å². The molecule has 1 aromatic carbocycles. The largest absolute Gasteiger partial charge is 0.426 e. The van der Waals surface area contributed by atoms with E-state index in [4.69, 9.17) is 14.7 Å². The van der Waals surface area contributed by atoms with Gasteiger partial charge in [-0.25, -0.2) is 0 Å². The van der Waals surface area contributed by atoms with E-state index < -0.39 is 0 Å². The molecule has 8 heteroatoms. The third-order valence-electron chi connectivity index (χ3n) is 3.01. The minimum Gasteiger partial charge on any atom is -0.426 e. The molecule has 1 aliphatic rings. The number of hydrogen-bond donors (Lipinski definition) is 1. The first-order valence-electron chi connectivity index (χ1n) is 6.46. The van der Waals surface area contributed by atoms with Crippen LogP contribution in [0, 0.1) is 5.41 Å². The molecule has 0 saturated carbocycles. The van der Waals surface area contributed by atoms with Gasteiger partial charge >= 0.3 is 5.97 Å². The van der Waals surface area contributed by atoms with Crippen LogP contribution in [-0.4, -0.2) is 30.1 Å². The predicted octanol–water partition coefficient (Wildman–Crippen LogP) is -0.337. The van der Waals surface area contributed by atoms with Crippen LogP contribution in [0.15, 0.2) is 41.1 Å². The molecule has 7 nitrogen and oxygen atoms in total. The second kappa shape index (κ2) is 6.04. The maximum Gasteiger partial charge on any atom is 0.324 e. The van der Waals surface area contributed by atoms with Gasteiger partial charge in [-0.05, 0) is 23.2 Å². The number of nitrogens with zero attached hydrogens (tertiary/aromatic N) is 3. The van der Waals surface area contributed by atoms with E-state index in [-0.39, 0.29) is 16.8 Å². The predicted molar refractivity (Wildman–Crippen MR) is 74.4 cm³/mol. The van der Waals surface area contributed by atoms with Gasteiger partial charge in [0.25, 0.3) is 11.8 Å². The SMILES string of the molecule is N=c1c[n+](N2CCSC(C(=O)Oc3ccccc3)C2)[n-]o1.